The smallest absolute Gasteiger partial charge is 0.233 e. The fourth-order valence-electron chi connectivity index (χ4n) is 0.130. The summed E-state index contributed by atoms with van der Waals surface area (Å²) in [6, 6.07) is 0. The van der Waals surface area contributed by atoms with Gasteiger partial charge in [-0.05, 0) is 0 Å². The number of nitrogens with two attached hydrogens (primary N) is 1. The Morgan fingerprint density at radius 3 is 2.20 bits per heavy atom. The van der Waals surface area contributed by atoms with Gasteiger partial charge in [-0.15, -0.1) is 0 Å². The SMILES string of the molecule is N#CS(=O)(=O)N(N)[N+](=O)[O-]. The van der Waals surface area contributed by atoms with Crippen LogP contribution in [0.1, 0.15) is 0 Å². The monoisotopic (exact) mass is 166 g/mol. The van der Waals surface area contributed by atoms with E-state index in [1.807, 2.05) is 0 Å². The number of sulfonamides is 1. The van der Waals surface area contributed by atoms with Crippen LogP contribution >= 0.6 is 0 Å². The van der Waals surface area contributed by atoms with Gasteiger partial charge in [0.25, 0.3) is 0 Å². The Morgan fingerprint density at radius 2 is 2.10 bits per heavy atom. The van der Waals surface area contributed by atoms with Gasteiger partial charge in [-0.2, -0.15) is 19.5 Å². The molecule has 0 spiro atoms. The summed E-state index contributed by atoms with van der Waals surface area (Å²) in [5.41, 5.74) is 0. The lowest BCUT2D eigenvalue weighted by molar-refractivity contribution is -0.622. The van der Waals surface area contributed by atoms with Crippen molar-refractivity contribution >= 4 is 10.0 Å². The molecule has 10 heavy (non-hydrogen) atoms. The summed E-state index contributed by atoms with van der Waals surface area (Å²) in [5, 5.41) is 16.6. The van der Waals surface area contributed by atoms with Gasteiger partial charge in [-0.25, -0.2) is 10.1 Å². The summed E-state index contributed by atoms with van der Waals surface area (Å²) in [4.78, 5) is 9.58. The van der Waals surface area contributed by atoms with Gasteiger partial charge >= 0.3 is 10.0 Å². The van der Waals surface area contributed by atoms with Crippen molar-refractivity contribution in [3.8, 4) is 5.40 Å². The fourth-order valence-corrected chi connectivity index (χ4v) is 0.389. The first kappa shape index (κ1) is 8.60. The summed E-state index contributed by atoms with van der Waals surface area (Å²) >= 11 is 0. The third-order valence-corrected chi connectivity index (χ3v) is 1.38. The molecule has 0 saturated heterocycles. The van der Waals surface area contributed by atoms with E-state index in [0.29, 0.717) is 5.40 Å². The lowest BCUT2D eigenvalue weighted by Gasteiger charge is -1.98. The van der Waals surface area contributed by atoms with Crippen molar-refractivity contribution in [1.29, 1.82) is 5.26 Å². The Balaban J connectivity index is 4.73. The summed E-state index contributed by atoms with van der Waals surface area (Å²) in [6.45, 7) is 0. The van der Waals surface area contributed by atoms with Gasteiger partial charge in [0, 0.05) is 0 Å². The highest BCUT2D eigenvalue weighted by molar-refractivity contribution is 7.93. The van der Waals surface area contributed by atoms with E-state index in [-0.39, 0.29) is 0 Å². The van der Waals surface area contributed by atoms with Gasteiger partial charge in [0.1, 0.15) is 0 Å². The second kappa shape index (κ2) is 2.46. The van der Waals surface area contributed by atoms with E-state index in [4.69, 9.17) is 5.26 Å². The first-order valence-corrected chi connectivity index (χ1v) is 3.21. The first-order valence-electron chi connectivity index (χ1n) is 1.77. The summed E-state index contributed by atoms with van der Waals surface area (Å²) < 4.78 is 19.5. The molecular formula is CH2N4O4S. The second-order valence-electron chi connectivity index (χ2n) is 1.11. The number of hydrogen-bond donors (Lipinski definition) is 1. The van der Waals surface area contributed by atoms with E-state index < -0.39 is 19.6 Å². The van der Waals surface area contributed by atoms with Crippen LogP contribution in [-0.4, -0.2) is 18.0 Å². The zero-order valence-corrected chi connectivity index (χ0v) is 5.28. The van der Waals surface area contributed by atoms with Crippen molar-refractivity contribution in [1.82, 2.24) is 4.52 Å². The minimum Gasteiger partial charge on any atom is -0.233 e. The van der Waals surface area contributed by atoms with Crippen LogP contribution in [0.15, 0.2) is 0 Å². The molecule has 0 rings (SSSR count). The molecule has 2 N–H and O–H groups in total. The third kappa shape index (κ3) is 1.54. The average molecular weight is 166 g/mol. The normalized spacial score (nSPS) is 10.0. The maximum absolute atomic E-state index is 10.1. The number of thiocyanates is 1. The molecule has 0 saturated carbocycles. The molecule has 0 amide bonds. The van der Waals surface area contributed by atoms with E-state index in [0.717, 1.165) is 0 Å². The van der Waals surface area contributed by atoms with E-state index >= 15 is 0 Å². The molecule has 0 aliphatic rings. The van der Waals surface area contributed by atoms with Crippen molar-refractivity contribution in [3.05, 3.63) is 10.1 Å². The quantitative estimate of drug-likeness (QED) is 0.169. The maximum atomic E-state index is 10.1. The van der Waals surface area contributed by atoms with E-state index in [1.54, 1.807) is 0 Å². The lowest BCUT2D eigenvalue weighted by Crippen LogP contribution is -2.40. The minimum absolute atomic E-state index is 0.654. The van der Waals surface area contributed by atoms with Crippen molar-refractivity contribution in [2.45, 2.75) is 0 Å². The molecule has 0 bridgehead atoms. The molecule has 0 heterocycles. The number of nitriles is 1. The highest BCUT2D eigenvalue weighted by atomic mass is 32.2. The second-order valence-corrected chi connectivity index (χ2v) is 2.61. The molecule has 0 fully saturated rings. The fraction of sp³-hybridized carbons (Fsp3) is 0. The topological polar surface area (TPSA) is 130 Å². The molecule has 0 atom stereocenters. The zero-order chi connectivity index (χ0) is 8.36. The van der Waals surface area contributed by atoms with Crippen molar-refractivity contribution in [2.24, 2.45) is 5.84 Å². The molecule has 56 valence electrons. The Bertz CT molecular complexity index is 272. The van der Waals surface area contributed by atoms with Crippen LogP contribution in [0.25, 0.3) is 0 Å². The molecule has 0 aromatic rings. The molecule has 0 radical (unpaired) electrons. The van der Waals surface area contributed by atoms with E-state index in [9.17, 15) is 18.5 Å². The van der Waals surface area contributed by atoms with Crippen molar-refractivity contribution in [3.63, 3.8) is 0 Å². The third-order valence-electron chi connectivity index (χ3n) is 0.523. The van der Waals surface area contributed by atoms with Crippen molar-refractivity contribution < 1.29 is 13.5 Å². The van der Waals surface area contributed by atoms with Crippen LogP contribution in [0.2, 0.25) is 0 Å². The molecule has 9 heteroatoms. The van der Waals surface area contributed by atoms with Gasteiger partial charge in [0.2, 0.25) is 5.40 Å². The summed E-state index contributed by atoms with van der Waals surface area (Å²) in [7, 11) is -4.58. The zero-order valence-electron chi connectivity index (χ0n) is 4.46. The van der Waals surface area contributed by atoms with Crippen LogP contribution in [0.4, 0.5) is 0 Å². The highest BCUT2D eigenvalue weighted by Crippen LogP contribution is 1.90. The van der Waals surface area contributed by atoms with E-state index in [1.165, 1.54) is 0 Å². The average Bonchev–Trinajstić information content (AvgIpc) is 1.86. The van der Waals surface area contributed by atoms with Crippen LogP contribution in [-0.2, 0) is 10.0 Å². The van der Waals surface area contributed by atoms with Gasteiger partial charge in [-0.1, -0.05) is 0 Å². The Morgan fingerprint density at radius 1 is 1.70 bits per heavy atom. The maximum Gasteiger partial charge on any atom is 0.393 e. The van der Waals surface area contributed by atoms with Crippen molar-refractivity contribution in [2.75, 3.05) is 0 Å². The van der Waals surface area contributed by atoms with Crippen LogP contribution in [0.3, 0.4) is 0 Å². The summed E-state index contributed by atoms with van der Waals surface area (Å²) in [5.74, 6) is 4.33. The number of nitrogens with zero attached hydrogens (tertiary/aromatic N) is 3. The summed E-state index contributed by atoms with van der Waals surface area (Å²) in [6.07, 6.45) is 0. The standard InChI is InChI=1S/CH2N4O4S/c2-1-10(8,9)4(3)5(6)7/h3H2. The van der Waals surface area contributed by atoms with Gasteiger partial charge < -0.3 is 0 Å². The predicted molar refractivity (Wildman–Crippen MR) is 27.6 cm³/mol. The number of nitro groups is 1. The van der Waals surface area contributed by atoms with Gasteiger partial charge in [0.15, 0.2) is 5.03 Å². The van der Waals surface area contributed by atoms with Gasteiger partial charge in [-0.3, -0.25) is 0 Å². The number of hydrazine groups is 2. The highest BCUT2D eigenvalue weighted by Gasteiger charge is 2.26. The Hall–Kier alpha value is -1.40. The minimum atomic E-state index is -4.58. The van der Waals surface area contributed by atoms with Crippen LogP contribution in [0.5, 0.6) is 0 Å². The lowest BCUT2D eigenvalue weighted by atomic mass is 11.8. The molecule has 0 aliphatic carbocycles. The molecule has 0 unspecified atom stereocenters. The predicted octanol–water partition coefficient (Wildman–Crippen LogP) is -1.84. The molecule has 0 aliphatic heterocycles. The van der Waals surface area contributed by atoms with Gasteiger partial charge in [0.05, 0.1) is 4.52 Å². The molecule has 8 nitrogen and oxygen atoms in total. The molecule has 0 aromatic carbocycles. The Labute approximate surface area is 55.6 Å². The van der Waals surface area contributed by atoms with Crippen LogP contribution in [0, 0.1) is 20.8 Å². The van der Waals surface area contributed by atoms with Crippen LogP contribution < -0.4 is 5.84 Å². The van der Waals surface area contributed by atoms with E-state index in [2.05, 4.69) is 5.84 Å². The molecule has 0 aromatic heterocycles. The Kier molecular flexibility index (Phi) is 2.12. The first-order chi connectivity index (χ1) is 4.41. The number of hydrogen-bond acceptors (Lipinski definition) is 6. The largest absolute Gasteiger partial charge is 0.393 e. The molecular weight excluding hydrogens is 164 g/mol. The number of rotatable bonds is 2.